The smallest absolute Gasteiger partial charge is 0.257 e. The highest BCUT2D eigenvalue weighted by atomic mass is 35.5. The van der Waals surface area contributed by atoms with Gasteiger partial charge in [-0.3, -0.25) is 14.7 Å². The van der Waals surface area contributed by atoms with Crippen molar-refractivity contribution in [3.63, 3.8) is 0 Å². The van der Waals surface area contributed by atoms with E-state index in [1.165, 1.54) is 6.20 Å². The second-order valence-electron chi connectivity index (χ2n) is 6.28. The Morgan fingerprint density at radius 3 is 2.73 bits per heavy atom. The summed E-state index contributed by atoms with van der Waals surface area (Å²) in [5.74, 6) is -0.220. The number of nitrogens with zero attached hydrogens (tertiary/aromatic N) is 2. The molecule has 0 aliphatic heterocycles. The fourth-order valence-electron chi connectivity index (χ4n) is 2.33. The lowest BCUT2D eigenvalue weighted by atomic mass is 10.1. The Balaban J connectivity index is 1.72. The number of carbonyl (C=O) groups excluding carboxylic acids is 2. The molecule has 0 radical (unpaired) electrons. The molecule has 0 aliphatic rings. The third-order valence-corrected chi connectivity index (χ3v) is 4.01. The molecule has 0 unspecified atom stereocenters. The number of hydrogen-bond acceptors (Lipinski definition) is 4. The molecule has 134 valence electrons. The molecule has 3 rings (SSSR count). The van der Waals surface area contributed by atoms with Crippen LogP contribution in [0.2, 0.25) is 5.02 Å². The van der Waals surface area contributed by atoms with Crippen LogP contribution in [-0.2, 0) is 0 Å². The lowest BCUT2D eigenvalue weighted by molar-refractivity contribution is 0.0948. The summed E-state index contributed by atoms with van der Waals surface area (Å²) in [5, 5.41) is 13.2. The minimum Gasteiger partial charge on any atom is -0.352 e. The third-order valence-electron chi connectivity index (χ3n) is 3.70. The van der Waals surface area contributed by atoms with Crippen LogP contribution >= 0.6 is 11.6 Å². The van der Waals surface area contributed by atoms with Crippen LogP contribution in [0.1, 0.15) is 34.6 Å². The molecule has 0 atom stereocenters. The monoisotopic (exact) mass is 371 g/mol. The average molecular weight is 372 g/mol. The van der Waals surface area contributed by atoms with E-state index in [4.69, 9.17) is 11.6 Å². The van der Waals surface area contributed by atoms with Crippen molar-refractivity contribution in [3.8, 4) is 0 Å². The molecule has 0 bridgehead atoms. The molecule has 2 heterocycles. The Bertz CT molecular complexity index is 967. The van der Waals surface area contributed by atoms with Crippen molar-refractivity contribution in [2.45, 2.75) is 13.8 Å². The Morgan fingerprint density at radius 1 is 1.19 bits per heavy atom. The fourth-order valence-corrected chi connectivity index (χ4v) is 2.60. The number of fused-ring (bicyclic) bond motifs is 1. The first kappa shape index (κ1) is 17.9. The highest BCUT2D eigenvalue weighted by molar-refractivity contribution is 6.34. The van der Waals surface area contributed by atoms with Crippen LogP contribution in [0.15, 0.2) is 36.7 Å². The van der Waals surface area contributed by atoms with Gasteiger partial charge in [-0.05, 0) is 30.2 Å². The van der Waals surface area contributed by atoms with Crippen LogP contribution in [0.25, 0.3) is 11.0 Å². The van der Waals surface area contributed by atoms with E-state index in [0.717, 1.165) is 5.39 Å². The van der Waals surface area contributed by atoms with Gasteiger partial charge in [0.25, 0.3) is 11.8 Å². The van der Waals surface area contributed by atoms with Gasteiger partial charge in [0.2, 0.25) is 0 Å². The molecule has 0 saturated carbocycles. The summed E-state index contributed by atoms with van der Waals surface area (Å²) in [6.45, 7) is 4.59. The number of benzene rings is 1. The number of hydrogen-bond donors (Lipinski definition) is 3. The number of halogens is 1. The van der Waals surface area contributed by atoms with Gasteiger partial charge in [0.15, 0.2) is 5.65 Å². The maximum Gasteiger partial charge on any atom is 0.257 e. The largest absolute Gasteiger partial charge is 0.352 e. The second kappa shape index (κ2) is 7.53. The van der Waals surface area contributed by atoms with Crippen molar-refractivity contribution in [3.05, 3.63) is 52.8 Å². The first-order chi connectivity index (χ1) is 12.4. The number of aromatic amines is 1. The highest BCUT2D eigenvalue weighted by Gasteiger charge is 2.13. The van der Waals surface area contributed by atoms with Gasteiger partial charge >= 0.3 is 0 Å². The first-order valence-corrected chi connectivity index (χ1v) is 8.50. The average Bonchev–Trinajstić information content (AvgIpc) is 3.07. The van der Waals surface area contributed by atoms with Gasteiger partial charge in [-0.25, -0.2) is 4.98 Å². The lowest BCUT2D eigenvalue weighted by Crippen LogP contribution is -2.27. The summed E-state index contributed by atoms with van der Waals surface area (Å²) in [4.78, 5) is 28.6. The number of rotatable bonds is 5. The zero-order chi connectivity index (χ0) is 18.7. The molecule has 8 heteroatoms. The van der Waals surface area contributed by atoms with Gasteiger partial charge in [0.05, 0.1) is 22.3 Å². The number of nitrogens with one attached hydrogen (secondary N) is 3. The van der Waals surface area contributed by atoms with Crippen molar-refractivity contribution in [2.75, 3.05) is 11.9 Å². The molecule has 7 nitrogen and oxygen atoms in total. The Kier molecular flexibility index (Phi) is 5.18. The van der Waals surface area contributed by atoms with Crippen molar-refractivity contribution in [1.29, 1.82) is 0 Å². The first-order valence-electron chi connectivity index (χ1n) is 8.12. The molecular weight excluding hydrogens is 354 g/mol. The van der Waals surface area contributed by atoms with Crippen molar-refractivity contribution in [1.82, 2.24) is 20.5 Å². The van der Waals surface area contributed by atoms with Crippen LogP contribution in [0.4, 0.5) is 5.69 Å². The van der Waals surface area contributed by atoms with Gasteiger partial charge < -0.3 is 10.6 Å². The van der Waals surface area contributed by atoms with E-state index in [0.29, 0.717) is 34.9 Å². The fraction of sp³-hybridized carbons (Fsp3) is 0.222. The standard InChI is InChI=1S/C18H18ClN5O2/c1-10(2)7-21-18(26)14-4-3-13(6-15(14)19)23-17(25)12-5-11-9-22-24-16(11)20-8-12/h3-6,8-10H,7H2,1-2H3,(H,21,26)(H,23,25)(H,20,22,24). The summed E-state index contributed by atoms with van der Waals surface area (Å²) in [6.07, 6.45) is 3.06. The predicted octanol–water partition coefficient (Wildman–Crippen LogP) is 3.25. The van der Waals surface area contributed by atoms with E-state index in [9.17, 15) is 9.59 Å². The van der Waals surface area contributed by atoms with Gasteiger partial charge in [-0.1, -0.05) is 25.4 Å². The molecule has 3 N–H and O–H groups in total. The zero-order valence-electron chi connectivity index (χ0n) is 14.3. The maximum absolute atomic E-state index is 12.4. The molecule has 26 heavy (non-hydrogen) atoms. The van der Waals surface area contributed by atoms with Crippen LogP contribution in [0.3, 0.4) is 0 Å². The van der Waals surface area contributed by atoms with Gasteiger partial charge in [-0.2, -0.15) is 5.10 Å². The Morgan fingerprint density at radius 2 is 2.00 bits per heavy atom. The Labute approximate surface area is 155 Å². The molecule has 3 aromatic rings. The number of pyridine rings is 1. The molecule has 0 spiro atoms. The van der Waals surface area contributed by atoms with Gasteiger partial charge in [0, 0.05) is 23.8 Å². The van der Waals surface area contributed by atoms with E-state index >= 15 is 0 Å². The SMILES string of the molecule is CC(C)CNC(=O)c1ccc(NC(=O)c2cnc3[nH]ncc3c2)cc1Cl. The van der Waals surface area contributed by atoms with Crippen LogP contribution in [-0.4, -0.2) is 33.5 Å². The highest BCUT2D eigenvalue weighted by Crippen LogP contribution is 2.22. The molecule has 2 aromatic heterocycles. The molecule has 0 fully saturated rings. The molecular formula is C18H18ClN5O2. The summed E-state index contributed by atoms with van der Waals surface area (Å²) >= 11 is 6.20. The normalized spacial score (nSPS) is 10.9. The van der Waals surface area contributed by atoms with Crippen molar-refractivity contribution in [2.24, 2.45) is 5.92 Å². The zero-order valence-corrected chi connectivity index (χ0v) is 15.1. The van der Waals surface area contributed by atoms with E-state index in [-0.39, 0.29) is 16.8 Å². The number of anilines is 1. The van der Waals surface area contributed by atoms with Crippen LogP contribution in [0.5, 0.6) is 0 Å². The third kappa shape index (κ3) is 4.00. The number of H-pyrrole nitrogens is 1. The molecule has 0 saturated heterocycles. The summed E-state index contributed by atoms with van der Waals surface area (Å²) in [6, 6.07) is 6.47. The molecule has 1 aromatic carbocycles. The van der Waals surface area contributed by atoms with Crippen molar-refractivity contribution >= 4 is 40.1 Å². The van der Waals surface area contributed by atoms with E-state index in [1.807, 2.05) is 13.8 Å². The van der Waals surface area contributed by atoms with E-state index in [1.54, 1.807) is 30.5 Å². The van der Waals surface area contributed by atoms with Gasteiger partial charge in [0.1, 0.15) is 0 Å². The molecule has 0 aliphatic carbocycles. The minimum absolute atomic E-state index is 0.240. The van der Waals surface area contributed by atoms with Crippen LogP contribution < -0.4 is 10.6 Å². The summed E-state index contributed by atoms with van der Waals surface area (Å²) in [5.41, 5.74) is 1.87. The van der Waals surface area contributed by atoms with E-state index < -0.39 is 0 Å². The summed E-state index contributed by atoms with van der Waals surface area (Å²) < 4.78 is 0. The topological polar surface area (TPSA) is 99.8 Å². The lowest BCUT2D eigenvalue weighted by Gasteiger charge is -2.10. The van der Waals surface area contributed by atoms with Crippen molar-refractivity contribution < 1.29 is 9.59 Å². The Hall–Kier alpha value is -2.93. The number of aromatic nitrogens is 3. The summed E-state index contributed by atoms with van der Waals surface area (Å²) in [7, 11) is 0. The second-order valence-corrected chi connectivity index (χ2v) is 6.69. The number of carbonyl (C=O) groups is 2. The number of amides is 2. The van der Waals surface area contributed by atoms with Crippen LogP contribution in [0, 0.1) is 5.92 Å². The minimum atomic E-state index is -0.325. The maximum atomic E-state index is 12.4. The van der Waals surface area contributed by atoms with E-state index in [2.05, 4.69) is 25.8 Å². The molecule has 2 amide bonds. The van der Waals surface area contributed by atoms with Gasteiger partial charge in [-0.15, -0.1) is 0 Å². The quantitative estimate of drug-likeness (QED) is 0.641. The predicted molar refractivity (Wildman–Crippen MR) is 100 cm³/mol.